The lowest BCUT2D eigenvalue weighted by Gasteiger charge is -2.33. The van der Waals surface area contributed by atoms with Crippen molar-refractivity contribution in [3.63, 3.8) is 0 Å². The van der Waals surface area contributed by atoms with Gasteiger partial charge in [0.15, 0.2) is 0 Å². The highest BCUT2D eigenvalue weighted by Crippen LogP contribution is 2.15. The first-order valence-electron chi connectivity index (χ1n) is 7.27. The van der Waals surface area contributed by atoms with Crippen LogP contribution in [0.2, 0.25) is 0 Å². The van der Waals surface area contributed by atoms with Gasteiger partial charge in [-0.1, -0.05) is 0 Å². The van der Waals surface area contributed by atoms with Crippen LogP contribution in [0.25, 0.3) is 0 Å². The van der Waals surface area contributed by atoms with Gasteiger partial charge in [-0.15, -0.1) is 0 Å². The third kappa shape index (κ3) is 4.64. The lowest BCUT2D eigenvalue weighted by molar-refractivity contribution is -0.124. The molecule has 1 aromatic heterocycles. The monoisotopic (exact) mass is 293 g/mol. The first-order chi connectivity index (χ1) is 10.2. The molecule has 1 aliphatic heterocycles. The molecular weight excluding hydrogens is 270 g/mol. The molecule has 2 rings (SSSR count). The zero-order valence-electron chi connectivity index (χ0n) is 12.4. The van der Waals surface area contributed by atoms with Crippen LogP contribution < -0.4 is 16.0 Å². The Morgan fingerprint density at radius 3 is 3.00 bits per heavy atom. The minimum Gasteiger partial charge on any atom is -0.380 e. The first kappa shape index (κ1) is 15.7. The lowest BCUT2D eigenvalue weighted by atomic mass is 10.1. The Bertz CT molecular complexity index is 438. The molecule has 1 amide bonds. The van der Waals surface area contributed by atoms with Crippen molar-refractivity contribution in [2.24, 2.45) is 5.73 Å². The summed E-state index contributed by atoms with van der Waals surface area (Å²) in [6.45, 7) is 1.99. The van der Waals surface area contributed by atoms with Crippen molar-refractivity contribution >= 4 is 11.9 Å². The summed E-state index contributed by atoms with van der Waals surface area (Å²) >= 11 is 0. The zero-order chi connectivity index (χ0) is 15.1. The van der Waals surface area contributed by atoms with E-state index in [2.05, 4.69) is 20.2 Å². The summed E-state index contributed by atoms with van der Waals surface area (Å²) in [6.07, 6.45) is 5.51. The maximum Gasteiger partial charge on any atom is 0.225 e. The molecule has 1 aromatic rings. The SMILES string of the molecule is COC(CN)CC(=O)NC1CCCN(c2ncccn2)C1. The Balaban J connectivity index is 1.85. The van der Waals surface area contributed by atoms with Gasteiger partial charge in [0.05, 0.1) is 12.5 Å². The number of piperidine rings is 1. The van der Waals surface area contributed by atoms with Gasteiger partial charge in [0.25, 0.3) is 0 Å². The number of rotatable bonds is 6. The fourth-order valence-electron chi connectivity index (χ4n) is 2.49. The van der Waals surface area contributed by atoms with Crippen molar-refractivity contribution in [1.82, 2.24) is 15.3 Å². The summed E-state index contributed by atoms with van der Waals surface area (Å²) in [7, 11) is 1.57. The molecule has 1 saturated heterocycles. The summed E-state index contributed by atoms with van der Waals surface area (Å²) in [5, 5.41) is 3.05. The number of carbonyl (C=O) groups is 1. The van der Waals surface area contributed by atoms with Crippen LogP contribution in [-0.2, 0) is 9.53 Å². The van der Waals surface area contributed by atoms with Gasteiger partial charge in [0.1, 0.15) is 0 Å². The number of methoxy groups -OCH3 is 1. The van der Waals surface area contributed by atoms with Crippen molar-refractivity contribution in [3.05, 3.63) is 18.5 Å². The predicted molar refractivity (Wildman–Crippen MR) is 79.9 cm³/mol. The molecule has 0 radical (unpaired) electrons. The second kappa shape index (κ2) is 7.90. The number of ether oxygens (including phenoxy) is 1. The average Bonchev–Trinajstić information content (AvgIpc) is 2.53. The quantitative estimate of drug-likeness (QED) is 0.762. The van der Waals surface area contributed by atoms with Gasteiger partial charge in [-0.2, -0.15) is 0 Å². The van der Waals surface area contributed by atoms with Crippen molar-refractivity contribution in [2.75, 3.05) is 31.6 Å². The van der Waals surface area contributed by atoms with E-state index in [4.69, 9.17) is 10.5 Å². The van der Waals surface area contributed by atoms with E-state index in [1.54, 1.807) is 25.6 Å². The molecule has 3 N–H and O–H groups in total. The molecule has 0 spiro atoms. The molecule has 21 heavy (non-hydrogen) atoms. The average molecular weight is 293 g/mol. The molecule has 1 fully saturated rings. The fraction of sp³-hybridized carbons (Fsp3) is 0.643. The topological polar surface area (TPSA) is 93.4 Å². The van der Waals surface area contributed by atoms with E-state index in [0.717, 1.165) is 25.9 Å². The minimum absolute atomic E-state index is 0.0202. The normalized spacial score (nSPS) is 20.1. The number of hydrogen-bond acceptors (Lipinski definition) is 6. The Kier molecular flexibility index (Phi) is 5.89. The van der Waals surface area contributed by atoms with Gasteiger partial charge in [-0.3, -0.25) is 4.79 Å². The number of aromatic nitrogens is 2. The Morgan fingerprint density at radius 1 is 1.57 bits per heavy atom. The van der Waals surface area contributed by atoms with Crippen LogP contribution in [0.1, 0.15) is 19.3 Å². The smallest absolute Gasteiger partial charge is 0.225 e. The van der Waals surface area contributed by atoms with Crippen LogP contribution in [0.3, 0.4) is 0 Å². The highest BCUT2D eigenvalue weighted by Gasteiger charge is 2.23. The van der Waals surface area contributed by atoms with Gasteiger partial charge in [-0.25, -0.2) is 9.97 Å². The van der Waals surface area contributed by atoms with Gasteiger partial charge >= 0.3 is 0 Å². The number of nitrogens with zero attached hydrogens (tertiary/aromatic N) is 3. The van der Waals surface area contributed by atoms with E-state index in [1.165, 1.54) is 0 Å². The van der Waals surface area contributed by atoms with E-state index < -0.39 is 0 Å². The molecule has 2 unspecified atom stereocenters. The summed E-state index contributed by atoms with van der Waals surface area (Å²) in [5.41, 5.74) is 5.53. The highest BCUT2D eigenvalue weighted by atomic mass is 16.5. The fourth-order valence-corrected chi connectivity index (χ4v) is 2.49. The highest BCUT2D eigenvalue weighted by molar-refractivity contribution is 5.76. The molecule has 0 aliphatic carbocycles. The van der Waals surface area contributed by atoms with Crippen molar-refractivity contribution in [1.29, 1.82) is 0 Å². The Morgan fingerprint density at radius 2 is 2.33 bits per heavy atom. The summed E-state index contributed by atoms with van der Waals surface area (Å²) in [4.78, 5) is 22.6. The number of nitrogens with one attached hydrogen (secondary N) is 1. The first-order valence-corrected chi connectivity index (χ1v) is 7.27. The number of nitrogens with two attached hydrogens (primary N) is 1. The van der Waals surface area contributed by atoms with E-state index in [0.29, 0.717) is 18.9 Å². The molecule has 0 aromatic carbocycles. The van der Waals surface area contributed by atoms with Gasteiger partial charge < -0.3 is 20.7 Å². The molecule has 116 valence electrons. The van der Waals surface area contributed by atoms with Crippen LogP contribution >= 0.6 is 0 Å². The molecule has 7 heteroatoms. The molecule has 2 atom stereocenters. The van der Waals surface area contributed by atoms with Gasteiger partial charge in [-0.05, 0) is 18.9 Å². The third-order valence-electron chi connectivity index (χ3n) is 3.63. The third-order valence-corrected chi connectivity index (χ3v) is 3.63. The number of anilines is 1. The van der Waals surface area contributed by atoms with Crippen LogP contribution in [0, 0.1) is 0 Å². The van der Waals surface area contributed by atoms with E-state index in [-0.39, 0.29) is 18.1 Å². The maximum absolute atomic E-state index is 12.0. The summed E-state index contributed by atoms with van der Waals surface area (Å²) in [6, 6.07) is 1.91. The Labute approximate surface area is 124 Å². The minimum atomic E-state index is -0.220. The zero-order valence-corrected chi connectivity index (χ0v) is 12.4. The molecular formula is C14H23N5O2. The van der Waals surface area contributed by atoms with Crippen LogP contribution in [0.5, 0.6) is 0 Å². The summed E-state index contributed by atoms with van der Waals surface area (Å²) in [5.74, 6) is 0.696. The number of hydrogen-bond donors (Lipinski definition) is 2. The van der Waals surface area contributed by atoms with E-state index in [9.17, 15) is 4.79 Å². The second-order valence-electron chi connectivity index (χ2n) is 5.20. The van der Waals surface area contributed by atoms with E-state index in [1.807, 2.05) is 0 Å². The number of amides is 1. The van der Waals surface area contributed by atoms with Crippen molar-refractivity contribution < 1.29 is 9.53 Å². The largest absolute Gasteiger partial charge is 0.380 e. The maximum atomic E-state index is 12.0. The molecule has 7 nitrogen and oxygen atoms in total. The standard InChI is InChI=1S/C14H23N5O2/c1-21-12(9-15)8-13(20)18-11-4-2-7-19(10-11)14-16-5-3-6-17-14/h3,5-6,11-12H,2,4,7-10,15H2,1H3,(H,18,20). The Hall–Kier alpha value is -1.73. The van der Waals surface area contributed by atoms with E-state index >= 15 is 0 Å². The number of carbonyl (C=O) groups excluding carboxylic acids is 1. The van der Waals surface area contributed by atoms with Crippen LogP contribution in [0.15, 0.2) is 18.5 Å². The molecule has 0 bridgehead atoms. The molecule has 0 saturated carbocycles. The van der Waals surface area contributed by atoms with Gasteiger partial charge in [0, 0.05) is 45.2 Å². The predicted octanol–water partition coefficient (Wildman–Crippen LogP) is -0.0746. The second-order valence-corrected chi connectivity index (χ2v) is 5.20. The van der Waals surface area contributed by atoms with Crippen molar-refractivity contribution in [2.45, 2.75) is 31.4 Å². The lowest BCUT2D eigenvalue weighted by Crippen LogP contribution is -2.49. The molecule has 1 aliphatic rings. The van der Waals surface area contributed by atoms with Crippen molar-refractivity contribution in [3.8, 4) is 0 Å². The molecule has 2 heterocycles. The van der Waals surface area contributed by atoms with Crippen LogP contribution in [-0.4, -0.2) is 54.8 Å². The van der Waals surface area contributed by atoms with Crippen LogP contribution in [0.4, 0.5) is 5.95 Å². The summed E-state index contributed by atoms with van der Waals surface area (Å²) < 4.78 is 5.13. The van der Waals surface area contributed by atoms with Gasteiger partial charge in [0.2, 0.25) is 11.9 Å².